The molecule has 0 saturated carbocycles. The number of carbonyl (C=O) groups is 1. The molecule has 0 aliphatic rings. The van der Waals surface area contributed by atoms with Crippen molar-refractivity contribution in [1.82, 2.24) is 4.90 Å². The van der Waals surface area contributed by atoms with E-state index in [-0.39, 0.29) is 5.91 Å². The molecule has 0 radical (unpaired) electrons. The van der Waals surface area contributed by atoms with E-state index in [9.17, 15) is 4.79 Å². The van der Waals surface area contributed by atoms with Crippen molar-refractivity contribution in [2.45, 2.75) is 13.8 Å². The molecule has 140 valence electrons. The van der Waals surface area contributed by atoms with Crippen molar-refractivity contribution in [3.63, 3.8) is 0 Å². The second-order valence-corrected chi connectivity index (χ2v) is 7.33. The van der Waals surface area contributed by atoms with Gasteiger partial charge in [-0.05, 0) is 49.5 Å². The zero-order valence-electron chi connectivity index (χ0n) is 14.7. The molecule has 0 bridgehead atoms. The third-order valence-corrected chi connectivity index (χ3v) is 5.03. The molecule has 0 unspecified atom stereocenters. The van der Waals surface area contributed by atoms with Gasteiger partial charge in [-0.3, -0.25) is 4.79 Å². The van der Waals surface area contributed by atoms with E-state index in [4.69, 9.17) is 27.9 Å². The molecule has 1 amide bonds. The predicted molar refractivity (Wildman–Crippen MR) is 112 cm³/mol. The summed E-state index contributed by atoms with van der Waals surface area (Å²) in [5.74, 6) is 0.298. The standard InChI is InChI=1S/C19H21BrCl2N2O2/c1-3-24(4-2)9-10-26-18-8-6-14(12-17(18)22)23-19(25)15-7-5-13(20)11-16(15)21/h5-8,11-12H,3-4,9-10H2,1-2H3,(H,23,25). The zero-order chi connectivity index (χ0) is 19.1. The average Bonchev–Trinajstić information content (AvgIpc) is 2.60. The van der Waals surface area contributed by atoms with Crippen molar-refractivity contribution in [3.8, 4) is 5.75 Å². The van der Waals surface area contributed by atoms with Crippen LogP contribution in [0.3, 0.4) is 0 Å². The van der Waals surface area contributed by atoms with Crippen LogP contribution < -0.4 is 10.1 Å². The lowest BCUT2D eigenvalue weighted by Crippen LogP contribution is -2.27. The molecule has 7 heteroatoms. The molecule has 1 N–H and O–H groups in total. The number of amides is 1. The number of nitrogens with zero attached hydrogens (tertiary/aromatic N) is 1. The highest BCUT2D eigenvalue weighted by Crippen LogP contribution is 2.28. The molecule has 0 heterocycles. The number of ether oxygens (including phenoxy) is 1. The van der Waals surface area contributed by atoms with Gasteiger partial charge < -0.3 is 15.0 Å². The minimum atomic E-state index is -0.297. The third-order valence-electron chi connectivity index (χ3n) is 3.93. The molecule has 2 aromatic rings. The van der Waals surface area contributed by atoms with Crippen LogP contribution in [0.4, 0.5) is 5.69 Å². The van der Waals surface area contributed by atoms with E-state index in [1.54, 1.807) is 36.4 Å². The van der Waals surface area contributed by atoms with E-state index in [0.717, 1.165) is 24.1 Å². The minimum absolute atomic E-state index is 0.297. The molecule has 26 heavy (non-hydrogen) atoms. The van der Waals surface area contributed by atoms with Crippen molar-refractivity contribution in [1.29, 1.82) is 0 Å². The Morgan fingerprint density at radius 1 is 1.12 bits per heavy atom. The van der Waals surface area contributed by atoms with E-state index < -0.39 is 0 Å². The third kappa shape index (κ3) is 5.88. The highest BCUT2D eigenvalue weighted by atomic mass is 79.9. The van der Waals surface area contributed by atoms with Gasteiger partial charge in [0.15, 0.2) is 0 Å². The Kier molecular flexibility index (Phi) is 8.22. The van der Waals surface area contributed by atoms with Crippen molar-refractivity contribution < 1.29 is 9.53 Å². The molecule has 0 atom stereocenters. The first-order valence-electron chi connectivity index (χ1n) is 8.35. The molecule has 4 nitrogen and oxygen atoms in total. The van der Waals surface area contributed by atoms with Gasteiger partial charge in [0.05, 0.1) is 15.6 Å². The number of rotatable bonds is 8. The summed E-state index contributed by atoms with van der Waals surface area (Å²) >= 11 is 15.7. The van der Waals surface area contributed by atoms with Crippen LogP contribution in [-0.2, 0) is 0 Å². The Labute approximate surface area is 172 Å². The van der Waals surface area contributed by atoms with Gasteiger partial charge in [0.1, 0.15) is 12.4 Å². The van der Waals surface area contributed by atoms with E-state index in [2.05, 4.69) is 40.0 Å². The van der Waals surface area contributed by atoms with Gasteiger partial charge in [0, 0.05) is 16.7 Å². The monoisotopic (exact) mass is 458 g/mol. The fraction of sp³-hybridized carbons (Fsp3) is 0.316. The SMILES string of the molecule is CCN(CC)CCOc1ccc(NC(=O)c2ccc(Br)cc2Cl)cc1Cl. The second-order valence-electron chi connectivity index (χ2n) is 5.60. The van der Waals surface area contributed by atoms with Crippen LogP contribution in [0.1, 0.15) is 24.2 Å². The van der Waals surface area contributed by atoms with Gasteiger partial charge in [-0.25, -0.2) is 0 Å². The summed E-state index contributed by atoms with van der Waals surface area (Å²) in [4.78, 5) is 14.6. The first kappa shape index (κ1) is 21.0. The lowest BCUT2D eigenvalue weighted by molar-refractivity contribution is 0.102. The lowest BCUT2D eigenvalue weighted by Gasteiger charge is -2.18. The zero-order valence-corrected chi connectivity index (χ0v) is 17.8. The van der Waals surface area contributed by atoms with Crippen LogP contribution in [0.5, 0.6) is 5.75 Å². The maximum absolute atomic E-state index is 12.4. The normalized spacial score (nSPS) is 10.8. The Hall–Kier alpha value is -1.27. The van der Waals surface area contributed by atoms with Crippen LogP contribution in [0.15, 0.2) is 40.9 Å². The van der Waals surface area contributed by atoms with E-state index in [1.165, 1.54) is 0 Å². The number of carbonyl (C=O) groups excluding carboxylic acids is 1. The molecule has 0 aliphatic heterocycles. The van der Waals surface area contributed by atoms with Crippen molar-refractivity contribution in [3.05, 3.63) is 56.5 Å². The molecule has 0 aliphatic carbocycles. The van der Waals surface area contributed by atoms with E-state index in [0.29, 0.717) is 33.7 Å². The van der Waals surface area contributed by atoms with Crippen LogP contribution in [0.2, 0.25) is 10.0 Å². The number of hydrogen-bond donors (Lipinski definition) is 1. The molecule has 0 saturated heterocycles. The summed E-state index contributed by atoms with van der Waals surface area (Å²) in [5, 5.41) is 3.61. The summed E-state index contributed by atoms with van der Waals surface area (Å²) in [6.45, 7) is 7.59. The van der Waals surface area contributed by atoms with Crippen LogP contribution in [-0.4, -0.2) is 37.0 Å². The van der Waals surface area contributed by atoms with Crippen molar-refractivity contribution >= 4 is 50.7 Å². The minimum Gasteiger partial charge on any atom is -0.491 e. The molecule has 0 spiro atoms. The first-order valence-corrected chi connectivity index (χ1v) is 9.90. The van der Waals surface area contributed by atoms with Gasteiger partial charge in [0.2, 0.25) is 0 Å². The lowest BCUT2D eigenvalue weighted by atomic mass is 10.2. The second kappa shape index (κ2) is 10.2. The Bertz CT molecular complexity index is 767. The topological polar surface area (TPSA) is 41.6 Å². The number of anilines is 1. The Morgan fingerprint density at radius 3 is 2.46 bits per heavy atom. The van der Waals surface area contributed by atoms with Gasteiger partial charge in [-0.15, -0.1) is 0 Å². The highest BCUT2D eigenvalue weighted by molar-refractivity contribution is 9.10. The highest BCUT2D eigenvalue weighted by Gasteiger charge is 2.12. The maximum atomic E-state index is 12.4. The summed E-state index contributed by atoms with van der Waals surface area (Å²) in [6, 6.07) is 10.3. The number of hydrogen-bond acceptors (Lipinski definition) is 3. The van der Waals surface area contributed by atoms with Gasteiger partial charge in [-0.2, -0.15) is 0 Å². The molecule has 2 rings (SSSR count). The number of halogens is 3. The molecule has 0 fully saturated rings. The summed E-state index contributed by atoms with van der Waals surface area (Å²) in [5.41, 5.74) is 0.973. The average molecular weight is 460 g/mol. The maximum Gasteiger partial charge on any atom is 0.257 e. The number of benzene rings is 2. The largest absolute Gasteiger partial charge is 0.491 e. The fourth-order valence-electron chi connectivity index (χ4n) is 2.39. The van der Waals surface area contributed by atoms with Crippen molar-refractivity contribution in [2.24, 2.45) is 0 Å². The molecule has 0 aromatic heterocycles. The molecule has 2 aromatic carbocycles. The summed E-state index contributed by atoms with van der Waals surface area (Å²) in [7, 11) is 0. The predicted octanol–water partition coefficient (Wildman–Crippen LogP) is 5.73. The fourth-order valence-corrected chi connectivity index (χ4v) is 3.39. The van der Waals surface area contributed by atoms with Crippen LogP contribution >= 0.6 is 39.1 Å². The Morgan fingerprint density at radius 2 is 1.85 bits per heavy atom. The Balaban J connectivity index is 1.99. The van der Waals surface area contributed by atoms with Gasteiger partial charge >= 0.3 is 0 Å². The van der Waals surface area contributed by atoms with Gasteiger partial charge in [0.25, 0.3) is 5.91 Å². The summed E-state index contributed by atoms with van der Waals surface area (Å²) < 4.78 is 6.55. The molecular weight excluding hydrogens is 439 g/mol. The summed E-state index contributed by atoms with van der Waals surface area (Å²) in [6.07, 6.45) is 0. The van der Waals surface area contributed by atoms with E-state index >= 15 is 0 Å². The number of likely N-dealkylation sites (N-methyl/N-ethyl adjacent to an activating group) is 1. The molecular formula is C19H21BrCl2N2O2. The van der Waals surface area contributed by atoms with E-state index in [1.807, 2.05) is 0 Å². The van der Waals surface area contributed by atoms with Crippen LogP contribution in [0, 0.1) is 0 Å². The van der Waals surface area contributed by atoms with Gasteiger partial charge in [-0.1, -0.05) is 53.0 Å². The van der Waals surface area contributed by atoms with Crippen molar-refractivity contribution in [2.75, 3.05) is 31.6 Å². The first-order chi connectivity index (χ1) is 12.4. The number of nitrogens with one attached hydrogen (secondary N) is 1. The quantitative estimate of drug-likeness (QED) is 0.548. The van der Waals surface area contributed by atoms with Crippen LogP contribution in [0.25, 0.3) is 0 Å². The smallest absolute Gasteiger partial charge is 0.257 e.